The van der Waals surface area contributed by atoms with E-state index in [9.17, 15) is 0 Å². The van der Waals surface area contributed by atoms with E-state index in [2.05, 4.69) is 19.2 Å². The summed E-state index contributed by atoms with van der Waals surface area (Å²) in [4.78, 5) is 0. The predicted octanol–water partition coefficient (Wildman–Crippen LogP) is 4.38. The first kappa shape index (κ1) is 15.4. The second kappa shape index (κ2) is 5.81. The van der Waals surface area contributed by atoms with Crippen molar-refractivity contribution in [1.29, 1.82) is 0 Å². The molecule has 0 fully saturated rings. The minimum atomic E-state index is -1.04. The summed E-state index contributed by atoms with van der Waals surface area (Å²) in [6.45, 7) is 11.7. The van der Waals surface area contributed by atoms with Gasteiger partial charge in [-0.1, -0.05) is 67.0 Å². The van der Waals surface area contributed by atoms with Crippen LogP contribution >= 0.6 is 0 Å². The molecule has 0 saturated carbocycles. The average Bonchev–Trinajstić information content (AvgIpc) is 2.67. The third-order valence-corrected chi connectivity index (χ3v) is 3.81. The third kappa shape index (κ3) is 2.29. The van der Waals surface area contributed by atoms with E-state index in [1.165, 1.54) is 0 Å². The minimum absolute atomic E-state index is 0.850. The van der Waals surface area contributed by atoms with Gasteiger partial charge in [0.15, 0.2) is 0 Å². The molecular weight excluding hydrogens is 250 g/mol. The van der Waals surface area contributed by atoms with Crippen molar-refractivity contribution in [2.75, 3.05) is 0 Å². The SMILES string of the molecule is [B]C1([B])C(C=C)=C(/C=C\C)c2ccc(C=C)c(/C=C\C)c21. The van der Waals surface area contributed by atoms with Crippen LogP contribution in [-0.4, -0.2) is 15.7 Å². The summed E-state index contributed by atoms with van der Waals surface area (Å²) >= 11 is 0. The molecule has 100 valence electrons. The van der Waals surface area contributed by atoms with Crippen molar-refractivity contribution in [3.63, 3.8) is 0 Å². The molecule has 4 radical (unpaired) electrons. The van der Waals surface area contributed by atoms with Gasteiger partial charge in [-0.2, -0.15) is 0 Å². The van der Waals surface area contributed by atoms with Gasteiger partial charge in [-0.3, -0.25) is 0 Å². The topological polar surface area (TPSA) is 0 Å². The number of benzene rings is 1. The van der Waals surface area contributed by atoms with Crippen LogP contribution in [0.25, 0.3) is 17.7 Å². The Bertz CT molecular complexity index is 686. The molecule has 1 aromatic rings. The van der Waals surface area contributed by atoms with Crippen LogP contribution in [0.3, 0.4) is 0 Å². The van der Waals surface area contributed by atoms with Crippen molar-refractivity contribution >= 4 is 33.4 Å². The van der Waals surface area contributed by atoms with Crippen LogP contribution < -0.4 is 0 Å². The fourth-order valence-electron chi connectivity index (χ4n) is 2.96. The Balaban J connectivity index is 2.89. The monoisotopic (exact) mass is 268 g/mol. The zero-order valence-corrected chi connectivity index (χ0v) is 12.7. The molecule has 0 unspecified atom stereocenters. The number of allylic oxidation sites excluding steroid dienone is 6. The van der Waals surface area contributed by atoms with Crippen LogP contribution in [0.4, 0.5) is 0 Å². The Labute approximate surface area is 130 Å². The lowest BCUT2D eigenvalue weighted by molar-refractivity contribution is 1.06. The van der Waals surface area contributed by atoms with Crippen molar-refractivity contribution < 1.29 is 0 Å². The first-order valence-electron chi connectivity index (χ1n) is 7.03. The maximum Gasteiger partial charge on any atom is 0.0746 e. The van der Waals surface area contributed by atoms with Gasteiger partial charge in [-0.15, -0.1) is 0 Å². The Morgan fingerprint density at radius 1 is 1.00 bits per heavy atom. The van der Waals surface area contributed by atoms with Crippen molar-refractivity contribution in [3.05, 3.63) is 77.4 Å². The Morgan fingerprint density at radius 3 is 2.19 bits per heavy atom. The van der Waals surface area contributed by atoms with Crippen LogP contribution in [0.1, 0.15) is 36.1 Å². The van der Waals surface area contributed by atoms with Gasteiger partial charge in [-0.05, 0) is 47.2 Å². The molecule has 0 nitrogen and oxygen atoms in total. The third-order valence-electron chi connectivity index (χ3n) is 3.81. The summed E-state index contributed by atoms with van der Waals surface area (Å²) in [5.74, 6) is 0. The highest BCUT2D eigenvalue weighted by molar-refractivity contribution is 6.45. The Morgan fingerprint density at radius 2 is 1.67 bits per heavy atom. The maximum absolute atomic E-state index is 6.47. The van der Waals surface area contributed by atoms with E-state index in [-0.39, 0.29) is 0 Å². The molecule has 0 saturated heterocycles. The van der Waals surface area contributed by atoms with Crippen LogP contribution in [-0.2, 0) is 5.21 Å². The summed E-state index contributed by atoms with van der Waals surface area (Å²) in [7, 11) is 12.9. The first-order valence-corrected chi connectivity index (χ1v) is 7.03. The first-order chi connectivity index (χ1) is 10.0. The molecule has 1 aliphatic carbocycles. The Kier molecular flexibility index (Phi) is 4.27. The molecule has 0 atom stereocenters. The van der Waals surface area contributed by atoms with Gasteiger partial charge in [0, 0.05) is 0 Å². The second-order valence-electron chi connectivity index (χ2n) is 5.10. The van der Waals surface area contributed by atoms with E-state index < -0.39 is 5.21 Å². The molecule has 0 spiro atoms. The second-order valence-corrected chi connectivity index (χ2v) is 5.10. The fourth-order valence-corrected chi connectivity index (χ4v) is 2.96. The van der Waals surface area contributed by atoms with Crippen molar-refractivity contribution in [2.24, 2.45) is 0 Å². The van der Waals surface area contributed by atoms with Gasteiger partial charge in [0.05, 0.1) is 15.7 Å². The molecule has 1 aromatic carbocycles. The lowest BCUT2D eigenvalue weighted by Crippen LogP contribution is -2.27. The average molecular weight is 268 g/mol. The molecule has 0 amide bonds. The van der Waals surface area contributed by atoms with Gasteiger partial charge in [0.25, 0.3) is 0 Å². The lowest BCUT2D eigenvalue weighted by Gasteiger charge is -2.26. The molecule has 0 aliphatic heterocycles. The highest BCUT2D eigenvalue weighted by Gasteiger charge is 2.36. The summed E-state index contributed by atoms with van der Waals surface area (Å²) in [6, 6.07) is 4.10. The van der Waals surface area contributed by atoms with E-state index in [0.29, 0.717) is 0 Å². The molecule has 2 rings (SSSR count). The summed E-state index contributed by atoms with van der Waals surface area (Å²) in [6.07, 6.45) is 11.6. The molecule has 21 heavy (non-hydrogen) atoms. The predicted molar refractivity (Wildman–Crippen MR) is 96.4 cm³/mol. The number of hydrogen-bond donors (Lipinski definition) is 0. The highest BCUT2D eigenvalue weighted by atomic mass is 14.3. The van der Waals surface area contributed by atoms with Crippen LogP contribution in [0, 0.1) is 0 Å². The zero-order valence-electron chi connectivity index (χ0n) is 12.7. The number of hydrogen-bond acceptors (Lipinski definition) is 0. The van der Waals surface area contributed by atoms with Crippen molar-refractivity contribution in [2.45, 2.75) is 19.1 Å². The largest absolute Gasteiger partial charge is 0.0988 e. The smallest absolute Gasteiger partial charge is 0.0746 e. The molecule has 0 bridgehead atoms. The number of fused-ring (bicyclic) bond motifs is 1. The standard InChI is InChI=1S/C19H18B2/c1-5-9-14-13(7-3)11-12-16-15(10-6-2)17(8-4)19(20,21)18(14)16/h5-12H,3-4H2,1-2H3/b9-5-,10-6-. The molecule has 0 heterocycles. The van der Waals surface area contributed by atoms with Crippen LogP contribution in [0.5, 0.6) is 0 Å². The van der Waals surface area contributed by atoms with Gasteiger partial charge >= 0.3 is 0 Å². The fraction of sp³-hybridized carbons (Fsp3) is 0.158. The normalized spacial score (nSPS) is 16.7. The van der Waals surface area contributed by atoms with E-state index in [4.69, 9.17) is 15.7 Å². The molecule has 0 N–H and O–H groups in total. The summed E-state index contributed by atoms with van der Waals surface area (Å²) < 4.78 is 0. The zero-order chi connectivity index (χ0) is 15.6. The summed E-state index contributed by atoms with van der Waals surface area (Å²) in [5.41, 5.74) is 5.93. The minimum Gasteiger partial charge on any atom is -0.0988 e. The highest BCUT2D eigenvalue weighted by Crippen LogP contribution is 2.46. The summed E-state index contributed by atoms with van der Waals surface area (Å²) in [5, 5.41) is -1.04. The van der Waals surface area contributed by atoms with Gasteiger partial charge in [-0.25, -0.2) is 0 Å². The van der Waals surface area contributed by atoms with Gasteiger partial charge < -0.3 is 0 Å². The van der Waals surface area contributed by atoms with E-state index in [0.717, 1.165) is 33.4 Å². The van der Waals surface area contributed by atoms with E-state index >= 15 is 0 Å². The van der Waals surface area contributed by atoms with E-state index in [1.54, 1.807) is 6.08 Å². The molecule has 2 heteroatoms. The Hall–Kier alpha value is -1.95. The van der Waals surface area contributed by atoms with Gasteiger partial charge in [0.1, 0.15) is 0 Å². The van der Waals surface area contributed by atoms with Crippen molar-refractivity contribution in [1.82, 2.24) is 0 Å². The van der Waals surface area contributed by atoms with Crippen LogP contribution in [0.2, 0.25) is 0 Å². The number of rotatable bonds is 4. The quantitative estimate of drug-likeness (QED) is 0.711. The molecule has 1 aliphatic rings. The van der Waals surface area contributed by atoms with Crippen LogP contribution in [0.15, 0.2) is 55.2 Å². The van der Waals surface area contributed by atoms with E-state index in [1.807, 2.05) is 50.3 Å². The lowest BCUT2D eigenvalue weighted by atomic mass is 9.48. The molecule has 0 aromatic heterocycles. The maximum atomic E-state index is 6.47. The van der Waals surface area contributed by atoms with Gasteiger partial charge in [0.2, 0.25) is 0 Å². The molecular formula is C19H18B2. The van der Waals surface area contributed by atoms with Crippen molar-refractivity contribution in [3.8, 4) is 0 Å².